The SMILES string of the molecule is CC(C)(C)c1cc2c3c(c1)N(c1c(-c4ccccc4)cc(-c4ccccc4)cc1-c1ccccc1)c1ccc(-c4ccccc4)cc1B3c1ccc(-c3cc4cccc5c6cccc7cccc(c(c3)c45)c76)cc1O2. The van der Waals surface area contributed by atoms with Crippen LogP contribution < -0.4 is 26.0 Å². The first-order valence-corrected chi connectivity index (χ1v) is 26.3. The molecule has 0 saturated carbocycles. The fourth-order valence-corrected chi connectivity index (χ4v) is 12.6. The van der Waals surface area contributed by atoms with Gasteiger partial charge in [0.2, 0.25) is 0 Å². The molecule has 0 bridgehead atoms. The summed E-state index contributed by atoms with van der Waals surface area (Å²) in [5, 5.41) is 10.3. The van der Waals surface area contributed by atoms with Gasteiger partial charge in [-0.05, 0) is 163 Å². The molecule has 0 saturated heterocycles. The van der Waals surface area contributed by atoms with E-state index in [0.29, 0.717) is 0 Å². The Hall–Kier alpha value is -9.18. The van der Waals surface area contributed by atoms with Gasteiger partial charge in [-0.2, -0.15) is 0 Å². The molecule has 0 spiro atoms. The Morgan fingerprint density at radius 2 is 0.867 bits per heavy atom. The molecule has 2 aliphatic rings. The van der Waals surface area contributed by atoms with Crippen LogP contribution in [0.25, 0.3) is 98.7 Å². The molecule has 3 heteroatoms. The van der Waals surface area contributed by atoms with E-state index in [1.807, 2.05) is 0 Å². The summed E-state index contributed by atoms with van der Waals surface area (Å²) in [5.41, 5.74) is 19.7. The minimum absolute atomic E-state index is 0.116. The first-order chi connectivity index (χ1) is 36.8. The molecule has 13 aromatic carbocycles. The van der Waals surface area contributed by atoms with Crippen molar-refractivity contribution in [3.8, 4) is 67.1 Å². The molecular formula is C72H50BNO. The van der Waals surface area contributed by atoms with Crippen molar-refractivity contribution in [1.29, 1.82) is 0 Å². The second-order valence-electron chi connectivity index (χ2n) is 21.6. The van der Waals surface area contributed by atoms with E-state index in [9.17, 15) is 0 Å². The van der Waals surface area contributed by atoms with Gasteiger partial charge in [-0.1, -0.05) is 221 Å². The van der Waals surface area contributed by atoms with Crippen molar-refractivity contribution in [2.75, 3.05) is 4.90 Å². The fraction of sp³-hybridized carbons (Fsp3) is 0.0556. The van der Waals surface area contributed by atoms with Gasteiger partial charge in [0, 0.05) is 22.5 Å². The molecule has 0 aromatic heterocycles. The first-order valence-electron chi connectivity index (χ1n) is 26.3. The zero-order valence-electron chi connectivity index (χ0n) is 42.1. The van der Waals surface area contributed by atoms with Gasteiger partial charge >= 0.3 is 0 Å². The lowest BCUT2D eigenvalue weighted by molar-refractivity contribution is 0.483. The van der Waals surface area contributed by atoms with Crippen LogP contribution in [0.3, 0.4) is 0 Å². The molecule has 0 amide bonds. The van der Waals surface area contributed by atoms with Crippen molar-refractivity contribution < 1.29 is 4.74 Å². The summed E-state index contributed by atoms with van der Waals surface area (Å²) < 4.78 is 7.48. The molecule has 0 unspecified atom stereocenters. The highest BCUT2D eigenvalue weighted by Crippen LogP contribution is 2.52. The Labute approximate surface area is 438 Å². The third-order valence-electron chi connectivity index (χ3n) is 16.2. The summed E-state index contributed by atoms with van der Waals surface area (Å²) >= 11 is 0. The minimum atomic E-state index is -0.190. The molecule has 13 aromatic rings. The number of nitrogens with zero attached hydrogens (tertiary/aromatic N) is 1. The van der Waals surface area contributed by atoms with Crippen LogP contribution in [0.4, 0.5) is 17.1 Å². The van der Waals surface area contributed by atoms with Gasteiger partial charge in [0.25, 0.3) is 6.71 Å². The molecule has 2 heterocycles. The largest absolute Gasteiger partial charge is 0.458 e. The first kappa shape index (κ1) is 43.4. The van der Waals surface area contributed by atoms with Gasteiger partial charge < -0.3 is 9.64 Å². The van der Waals surface area contributed by atoms with Crippen LogP contribution in [0, 0.1) is 0 Å². The maximum atomic E-state index is 7.48. The molecule has 2 aliphatic heterocycles. The summed E-state index contributed by atoms with van der Waals surface area (Å²) in [6.45, 7) is 6.83. The standard InChI is InChI=1S/C72H50BNO/c1-72(2,3)55-43-65-70-67(44-55)75-66-42-51(53-37-52-29-18-31-57-56-30-16-27-49-28-17-32-58(68(49)56)61(40-53)69(52)57)33-35-62(66)73(70)63-41-50(45-19-8-4-9-20-45)34-36-64(63)74(65)71-59(47-23-12-6-13-24-47)38-54(46-21-10-5-11-22-46)39-60(71)48-25-14-7-15-26-48/h4-44H,1-3H3. The van der Waals surface area contributed by atoms with Crippen molar-refractivity contribution in [1.82, 2.24) is 0 Å². The van der Waals surface area contributed by atoms with Crippen molar-refractivity contribution in [2.45, 2.75) is 26.2 Å². The van der Waals surface area contributed by atoms with E-state index in [1.54, 1.807) is 0 Å². The van der Waals surface area contributed by atoms with E-state index in [2.05, 4.69) is 274 Å². The Morgan fingerprint density at radius 3 is 1.48 bits per heavy atom. The lowest BCUT2D eigenvalue weighted by Gasteiger charge is -2.42. The number of fused-ring (bicyclic) bond motifs is 6. The van der Waals surface area contributed by atoms with E-state index in [4.69, 9.17) is 4.74 Å². The molecule has 352 valence electrons. The Balaban J connectivity index is 0.998. The maximum absolute atomic E-state index is 7.48. The summed E-state index contributed by atoms with van der Waals surface area (Å²) in [7, 11) is 0. The zero-order valence-corrected chi connectivity index (χ0v) is 42.1. The minimum Gasteiger partial charge on any atom is -0.458 e. The molecule has 15 rings (SSSR count). The van der Waals surface area contributed by atoms with Crippen molar-refractivity contribution in [3.05, 3.63) is 254 Å². The number of benzene rings is 13. The molecule has 2 nitrogen and oxygen atoms in total. The van der Waals surface area contributed by atoms with Gasteiger partial charge in [0.05, 0.1) is 5.69 Å². The highest BCUT2D eigenvalue weighted by molar-refractivity contribution is 6.99. The molecule has 0 atom stereocenters. The van der Waals surface area contributed by atoms with Crippen molar-refractivity contribution in [3.63, 3.8) is 0 Å². The van der Waals surface area contributed by atoms with Crippen molar-refractivity contribution >= 4 is 83.3 Å². The third-order valence-corrected chi connectivity index (χ3v) is 16.2. The van der Waals surface area contributed by atoms with Crippen LogP contribution in [0.5, 0.6) is 11.5 Å². The Morgan fingerprint density at radius 1 is 0.347 bits per heavy atom. The van der Waals surface area contributed by atoms with Gasteiger partial charge in [-0.25, -0.2) is 0 Å². The third kappa shape index (κ3) is 6.88. The predicted octanol–water partition coefficient (Wildman–Crippen LogP) is 17.8. The van der Waals surface area contributed by atoms with E-state index < -0.39 is 0 Å². The highest BCUT2D eigenvalue weighted by atomic mass is 16.5. The smallest absolute Gasteiger partial charge is 0.256 e. The highest BCUT2D eigenvalue weighted by Gasteiger charge is 2.44. The lowest BCUT2D eigenvalue weighted by atomic mass is 9.34. The van der Waals surface area contributed by atoms with Gasteiger partial charge in [0.15, 0.2) is 0 Å². The monoisotopic (exact) mass is 955 g/mol. The number of ether oxygens (including phenoxy) is 1. The number of rotatable bonds is 6. The molecular weight excluding hydrogens is 906 g/mol. The van der Waals surface area contributed by atoms with Crippen LogP contribution >= 0.6 is 0 Å². The fourth-order valence-electron chi connectivity index (χ4n) is 12.6. The Bertz CT molecular complexity index is 4340. The van der Waals surface area contributed by atoms with Crippen molar-refractivity contribution in [2.24, 2.45) is 0 Å². The van der Waals surface area contributed by atoms with Crippen LogP contribution in [0.15, 0.2) is 249 Å². The average Bonchev–Trinajstić information content (AvgIpc) is 3.47. The zero-order chi connectivity index (χ0) is 49.9. The van der Waals surface area contributed by atoms with Crippen LogP contribution in [0.2, 0.25) is 0 Å². The molecule has 0 aliphatic carbocycles. The van der Waals surface area contributed by atoms with Gasteiger partial charge in [-0.3, -0.25) is 0 Å². The predicted molar refractivity (Wildman–Crippen MR) is 319 cm³/mol. The normalized spacial score (nSPS) is 12.8. The second-order valence-corrected chi connectivity index (χ2v) is 21.6. The molecule has 0 radical (unpaired) electrons. The average molecular weight is 956 g/mol. The van der Waals surface area contributed by atoms with E-state index in [1.165, 1.54) is 87.4 Å². The summed E-state index contributed by atoms with van der Waals surface area (Å²) in [6, 6.07) is 92.4. The maximum Gasteiger partial charge on any atom is 0.256 e. The van der Waals surface area contributed by atoms with Gasteiger partial charge in [-0.15, -0.1) is 0 Å². The summed E-state index contributed by atoms with van der Waals surface area (Å²) in [4.78, 5) is 2.59. The molecule has 0 fully saturated rings. The topological polar surface area (TPSA) is 12.5 Å². The quantitative estimate of drug-likeness (QED) is 0.0935. The Kier molecular flexibility index (Phi) is 9.65. The van der Waals surface area contributed by atoms with Gasteiger partial charge in [0.1, 0.15) is 11.5 Å². The molecule has 75 heavy (non-hydrogen) atoms. The van der Waals surface area contributed by atoms with Crippen LogP contribution in [0.1, 0.15) is 26.3 Å². The van der Waals surface area contributed by atoms with Crippen LogP contribution in [-0.2, 0) is 5.41 Å². The van der Waals surface area contributed by atoms with E-state index in [0.717, 1.165) is 61.8 Å². The van der Waals surface area contributed by atoms with E-state index >= 15 is 0 Å². The lowest BCUT2D eigenvalue weighted by Crippen LogP contribution is -2.59. The molecule has 0 N–H and O–H groups in total. The number of anilines is 3. The number of hydrogen-bond donors (Lipinski definition) is 0. The number of hydrogen-bond acceptors (Lipinski definition) is 2. The van der Waals surface area contributed by atoms with Crippen LogP contribution in [-0.4, -0.2) is 6.71 Å². The van der Waals surface area contributed by atoms with E-state index in [-0.39, 0.29) is 12.1 Å². The summed E-state index contributed by atoms with van der Waals surface area (Å²) in [6.07, 6.45) is 0. The summed E-state index contributed by atoms with van der Waals surface area (Å²) in [5.74, 6) is 1.79. The second kappa shape index (κ2) is 16.7.